The van der Waals surface area contributed by atoms with E-state index in [-0.39, 0.29) is 12.5 Å². The number of halogens is 1. The van der Waals surface area contributed by atoms with Crippen LogP contribution in [-0.4, -0.2) is 33.4 Å². The molecule has 140 valence electrons. The Balaban J connectivity index is 2.05. The van der Waals surface area contributed by atoms with E-state index >= 15 is 0 Å². The molecule has 0 aliphatic heterocycles. The smallest absolute Gasteiger partial charge is 0.182 e. The summed E-state index contributed by atoms with van der Waals surface area (Å²) in [7, 11) is -3.55. The molecule has 1 saturated carbocycles. The first-order chi connectivity index (χ1) is 12.4. The third-order valence-corrected chi connectivity index (χ3v) is 7.80. The summed E-state index contributed by atoms with van der Waals surface area (Å²) in [6.07, 6.45) is 0. The third kappa shape index (κ3) is 3.29. The van der Waals surface area contributed by atoms with Crippen LogP contribution in [0, 0.1) is 12.3 Å². The van der Waals surface area contributed by atoms with Gasteiger partial charge in [-0.05, 0) is 43.7 Å². The van der Waals surface area contributed by atoms with Crippen LogP contribution in [0.15, 0.2) is 53.4 Å². The van der Waals surface area contributed by atoms with Crippen LogP contribution >= 0.6 is 11.6 Å². The quantitative estimate of drug-likeness (QED) is 0.780. The molecule has 3 rings (SSSR count). The van der Waals surface area contributed by atoms with Crippen molar-refractivity contribution in [1.82, 2.24) is 0 Å². The van der Waals surface area contributed by atoms with E-state index in [1.54, 1.807) is 18.2 Å². The monoisotopic (exact) mass is 393 g/mol. The second-order valence-electron chi connectivity index (χ2n) is 6.89. The van der Waals surface area contributed by atoms with E-state index in [2.05, 4.69) is 0 Å². The maximum Gasteiger partial charge on any atom is 0.182 e. The van der Waals surface area contributed by atoms with Crippen LogP contribution in [0.5, 0.6) is 0 Å². The standard InChI is InChI=1S/C20H24ClNO3S/c1-3-25-13-20(12-22)18(15-5-4-6-16(21)11-15)19(20)26(23,24)17-9-7-14(2)8-10-17/h4-11,18-19H,3,12-13,22H2,1-2H3/t18-,19+,20+/m0/s1. The fourth-order valence-corrected chi connectivity index (χ4v) is 6.43. The Morgan fingerprint density at radius 2 is 1.88 bits per heavy atom. The predicted molar refractivity (Wildman–Crippen MR) is 104 cm³/mol. The van der Waals surface area contributed by atoms with Gasteiger partial charge in [-0.1, -0.05) is 41.4 Å². The van der Waals surface area contributed by atoms with Crippen molar-refractivity contribution in [3.05, 3.63) is 64.7 Å². The summed E-state index contributed by atoms with van der Waals surface area (Å²) in [5.74, 6) is -0.232. The number of hydrogen-bond acceptors (Lipinski definition) is 4. The van der Waals surface area contributed by atoms with Gasteiger partial charge in [0.15, 0.2) is 9.84 Å². The molecule has 0 radical (unpaired) electrons. The molecule has 1 aliphatic rings. The highest BCUT2D eigenvalue weighted by Crippen LogP contribution is 2.63. The molecule has 0 heterocycles. The van der Waals surface area contributed by atoms with Gasteiger partial charge in [-0.25, -0.2) is 8.42 Å². The summed E-state index contributed by atoms with van der Waals surface area (Å²) in [4.78, 5) is 0.326. The van der Waals surface area contributed by atoms with Crippen molar-refractivity contribution in [2.24, 2.45) is 11.1 Å². The summed E-state index contributed by atoms with van der Waals surface area (Å²) in [5.41, 5.74) is 7.36. The molecule has 0 aromatic heterocycles. The molecule has 6 heteroatoms. The summed E-state index contributed by atoms with van der Waals surface area (Å²) in [5, 5.41) is -0.0315. The van der Waals surface area contributed by atoms with Crippen LogP contribution in [0.2, 0.25) is 5.02 Å². The number of benzene rings is 2. The van der Waals surface area contributed by atoms with E-state index in [1.807, 2.05) is 44.2 Å². The normalized spacial score (nSPS) is 25.2. The van der Waals surface area contributed by atoms with E-state index in [4.69, 9.17) is 22.1 Å². The van der Waals surface area contributed by atoms with Crippen molar-refractivity contribution < 1.29 is 13.2 Å². The highest BCUT2D eigenvalue weighted by molar-refractivity contribution is 7.92. The highest BCUT2D eigenvalue weighted by atomic mass is 35.5. The van der Waals surface area contributed by atoms with Gasteiger partial charge in [0.1, 0.15) is 0 Å². The molecule has 26 heavy (non-hydrogen) atoms. The maximum absolute atomic E-state index is 13.4. The van der Waals surface area contributed by atoms with Crippen LogP contribution in [-0.2, 0) is 14.6 Å². The Morgan fingerprint density at radius 1 is 1.19 bits per heavy atom. The van der Waals surface area contributed by atoms with Crippen LogP contribution in [0.3, 0.4) is 0 Å². The Morgan fingerprint density at radius 3 is 2.46 bits per heavy atom. The molecule has 0 unspecified atom stereocenters. The minimum absolute atomic E-state index is 0.232. The lowest BCUT2D eigenvalue weighted by Crippen LogP contribution is -2.29. The zero-order chi connectivity index (χ0) is 18.9. The van der Waals surface area contributed by atoms with Gasteiger partial charge in [-0.15, -0.1) is 0 Å². The Labute approximate surface area is 160 Å². The van der Waals surface area contributed by atoms with Crippen molar-refractivity contribution in [2.45, 2.75) is 29.9 Å². The number of aryl methyl sites for hydroxylation is 1. The first-order valence-corrected chi connectivity index (χ1v) is 10.6. The van der Waals surface area contributed by atoms with E-state index in [0.717, 1.165) is 11.1 Å². The second kappa shape index (κ2) is 7.31. The van der Waals surface area contributed by atoms with E-state index in [0.29, 0.717) is 23.1 Å². The molecule has 1 fully saturated rings. The number of hydrogen-bond donors (Lipinski definition) is 1. The van der Waals surface area contributed by atoms with E-state index in [9.17, 15) is 8.42 Å². The summed E-state index contributed by atoms with van der Waals surface area (Å²) < 4.78 is 32.4. The fourth-order valence-electron chi connectivity index (χ4n) is 3.79. The Hall–Kier alpha value is -1.40. The van der Waals surface area contributed by atoms with Gasteiger partial charge in [-0.2, -0.15) is 0 Å². The first kappa shape index (κ1) is 19.4. The van der Waals surface area contributed by atoms with E-state index in [1.165, 1.54) is 0 Å². The predicted octanol–water partition coefficient (Wildman–Crippen LogP) is 3.57. The van der Waals surface area contributed by atoms with Crippen LogP contribution in [0.25, 0.3) is 0 Å². The van der Waals surface area contributed by atoms with Gasteiger partial charge in [0.25, 0.3) is 0 Å². The molecule has 3 atom stereocenters. The third-order valence-electron chi connectivity index (χ3n) is 5.23. The molecule has 0 saturated heterocycles. The number of ether oxygens (including phenoxy) is 1. The summed E-state index contributed by atoms with van der Waals surface area (Å²) >= 11 is 6.14. The van der Waals surface area contributed by atoms with Crippen LogP contribution < -0.4 is 5.73 Å². The van der Waals surface area contributed by atoms with Gasteiger partial charge < -0.3 is 10.5 Å². The average Bonchev–Trinajstić information content (AvgIpc) is 3.31. The van der Waals surface area contributed by atoms with Crippen molar-refractivity contribution in [3.63, 3.8) is 0 Å². The molecule has 2 N–H and O–H groups in total. The molecule has 0 spiro atoms. The van der Waals surface area contributed by atoms with Crippen molar-refractivity contribution >= 4 is 21.4 Å². The first-order valence-electron chi connectivity index (χ1n) is 8.70. The second-order valence-corrected chi connectivity index (χ2v) is 9.39. The van der Waals surface area contributed by atoms with Gasteiger partial charge in [0, 0.05) is 29.5 Å². The number of rotatable bonds is 7. The number of nitrogens with two attached hydrogens (primary N) is 1. The largest absolute Gasteiger partial charge is 0.381 e. The van der Waals surface area contributed by atoms with Crippen molar-refractivity contribution in [2.75, 3.05) is 19.8 Å². The molecule has 1 aliphatic carbocycles. The SMILES string of the molecule is CCOC[C@@]1(CN)[C@H](S(=O)(=O)c2ccc(C)cc2)[C@@H]1c1cccc(Cl)c1. The zero-order valence-electron chi connectivity index (χ0n) is 15.0. The van der Waals surface area contributed by atoms with Gasteiger partial charge in [0.05, 0.1) is 16.8 Å². The van der Waals surface area contributed by atoms with Crippen LogP contribution in [0.1, 0.15) is 24.0 Å². The summed E-state index contributed by atoms with van der Waals surface area (Å²) in [6.45, 7) is 4.89. The lowest BCUT2D eigenvalue weighted by Gasteiger charge is -2.16. The molecule has 4 nitrogen and oxygen atoms in total. The minimum Gasteiger partial charge on any atom is -0.381 e. The van der Waals surface area contributed by atoms with Gasteiger partial charge in [0.2, 0.25) is 0 Å². The lowest BCUT2D eigenvalue weighted by atomic mass is 10.00. The molecular formula is C20H24ClNO3S. The lowest BCUT2D eigenvalue weighted by molar-refractivity contribution is 0.101. The van der Waals surface area contributed by atoms with Gasteiger partial charge in [-0.3, -0.25) is 0 Å². The van der Waals surface area contributed by atoms with Crippen molar-refractivity contribution in [1.29, 1.82) is 0 Å². The maximum atomic E-state index is 13.4. The Bertz CT molecular complexity index is 882. The van der Waals surface area contributed by atoms with E-state index < -0.39 is 20.5 Å². The molecule has 2 aromatic carbocycles. The molecule has 0 bridgehead atoms. The van der Waals surface area contributed by atoms with Crippen LogP contribution in [0.4, 0.5) is 0 Å². The molecule has 0 amide bonds. The molecular weight excluding hydrogens is 370 g/mol. The highest BCUT2D eigenvalue weighted by Gasteiger charge is 2.70. The topological polar surface area (TPSA) is 69.4 Å². The average molecular weight is 394 g/mol. The van der Waals surface area contributed by atoms with Gasteiger partial charge >= 0.3 is 0 Å². The zero-order valence-corrected chi connectivity index (χ0v) is 16.6. The number of sulfone groups is 1. The Kier molecular flexibility index (Phi) is 5.45. The van der Waals surface area contributed by atoms with Crippen molar-refractivity contribution in [3.8, 4) is 0 Å². The minimum atomic E-state index is -3.55. The fraction of sp³-hybridized carbons (Fsp3) is 0.400. The summed E-state index contributed by atoms with van der Waals surface area (Å²) in [6, 6.07) is 14.3. The molecule has 2 aromatic rings.